The van der Waals surface area contributed by atoms with Crippen LogP contribution >= 0.6 is 0 Å². The summed E-state index contributed by atoms with van der Waals surface area (Å²) in [5.74, 6) is 0.712. The largest absolute Gasteiger partial charge is 0.386 e. The van der Waals surface area contributed by atoms with Gasteiger partial charge in [0.25, 0.3) is 0 Å². The summed E-state index contributed by atoms with van der Waals surface area (Å²) in [7, 11) is 0. The molecule has 3 rings (SSSR count). The molecule has 0 radical (unpaired) electrons. The van der Waals surface area contributed by atoms with Crippen LogP contribution in [0.1, 0.15) is 55.3 Å². The summed E-state index contributed by atoms with van der Waals surface area (Å²) in [4.78, 5) is 0. The molecule has 1 heterocycles. The van der Waals surface area contributed by atoms with Crippen molar-refractivity contribution in [3.05, 3.63) is 35.4 Å². The van der Waals surface area contributed by atoms with Crippen molar-refractivity contribution in [2.45, 2.75) is 50.2 Å². The van der Waals surface area contributed by atoms with E-state index in [9.17, 15) is 5.11 Å². The minimum atomic E-state index is -0.587. The SMILES string of the molecule is OC(c1ccc(C2CCCCC2)cc1)C1COCCO1. The van der Waals surface area contributed by atoms with E-state index in [1.165, 1.54) is 37.7 Å². The molecule has 1 aliphatic carbocycles. The zero-order valence-corrected chi connectivity index (χ0v) is 12.0. The van der Waals surface area contributed by atoms with Gasteiger partial charge in [0.15, 0.2) is 0 Å². The van der Waals surface area contributed by atoms with Gasteiger partial charge in [0.1, 0.15) is 12.2 Å². The predicted octanol–water partition coefficient (Wildman–Crippen LogP) is 3.18. The summed E-state index contributed by atoms with van der Waals surface area (Å²) in [6.07, 6.45) is 5.87. The van der Waals surface area contributed by atoms with Crippen LogP contribution in [0.3, 0.4) is 0 Å². The zero-order valence-electron chi connectivity index (χ0n) is 12.0. The molecule has 1 saturated heterocycles. The number of aliphatic hydroxyl groups excluding tert-OH is 1. The quantitative estimate of drug-likeness (QED) is 0.921. The molecule has 3 heteroatoms. The van der Waals surface area contributed by atoms with Crippen LogP contribution < -0.4 is 0 Å². The number of hydrogen-bond donors (Lipinski definition) is 1. The van der Waals surface area contributed by atoms with Crippen molar-refractivity contribution >= 4 is 0 Å². The van der Waals surface area contributed by atoms with E-state index in [1.807, 2.05) is 12.1 Å². The van der Waals surface area contributed by atoms with E-state index in [-0.39, 0.29) is 6.10 Å². The van der Waals surface area contributed by atoms with Gasteiger partial charge in [0.2, 0.25) is 0 Å². The Bertz CT molecular complexity index is 403. The van der Waals surface area contributed by atoms with Gasteiger partial charge in [0, 0.05) is 0 Å². The lowest BCUT2D eigenvalue weighted by Crippen LogP contribution is -2.33. The molecule has 0 bridgehead atoms. The third kappa shape index (κ3) is 3.22. The maximum Gasteiger partial charge on any atom is 0.111 e. The lowest BCUT2D eigenvalue weighted by atomic mass is 9.83. The molecule has 0 amide bonds. The molecule has 1 saturated carbocycles. The molecule has 2 fully saturated rings. The van der Waals surface area contributed by atoms with Crippen molar-refractivity contribution in [2.24, 2.45) is 0 Å². The van der Waals surface area contributed by atoms with Crippen LogP contribution in [-0.4, -0.2) is 31.0 Å². The van der Waals surface area contributed by atoms with Gasteiger partial charge in [-0.3, -0.25) is 0 Å². The Labute approximate surface area is 120 Å². The molecule has 1 aliphatic heterocycles. The Balaban J connectivity index is 1.65. The Morgan fingerprint density at radius 2 is 1.75 bits per heavy atom. The van der Waals surface area contributed by atoms with Crippen LogP contribution in [0, 0.1) is 0 Å². The first-order chi connectivity index (χ1) is 9.84. The third-order valence-electron chi connectivity index (χ3n) is 4.55. The molecular formula is C17H24O3. The minimum absolute atomic E-state index is 0.232. The Kier molecular flexibility index (Phi) is 4.71. The summed E-state index contributed by atoms with van der Waals surface area (Å²) < 4.78 is 10.9. The number of ether oxygens (including phenoxy) is 2. The fourth-order valence-electron chi connectivity index (χ4n) is 3.30. The lowest BCUT2D eigenvalue weighted by molar-refractivity contribution is -0.133. The van der Waals surface area contributed by atoms with Gasteiger partial charge in [-0.25, -0.2) is 0 Å². The van der Waals surface area contributed by atoms with Crippen LogP contribution in [0.2, 0.25) is 0 Å². The summed E-state index contributed by atoms with van der Waals surface area (Å²) in [5, 5.41) is 10.3. The van der Waals surface area contributed by atoms with E-state index < -0.39 is 6.10 Å². The van der Waals surface area contributed by atoms with Crippen LogP contribution in [0.25, 0.3) is 0 Å². The highest BCUT2D eigenvalue weighted by Gasteiger charge is 2.25. The van der Waals surface area contributed by atoms with Crippen LogP contribution in [0.5, 0.6) is 0 Å². The van der Waals surface area contributed by atoms with Gasteiger partial charge in [0.05, 0.1) is 19.8 Å². The molecule has 3 nitrogen and oxygen atoms in total. The second-order valence-corrected chi connectivity index (χ2v) is 5.93. The van der Waals surface area contributed by atoms with Crippen LogP contribution in [0.4, 0.5) is 0 Å². The second kappa shape index (κ2) is 6.70. The van der Waals surface area contributed by atoms with Gasteiger partial charge in [-0.15, -0.1) is 0 Å². The predicted molar refractivity (Wildman–Crippen MR) is 77.8 cm³/mol. The monoisotopic (exact) mass is 276 g/mol. The van der Waals surface area contributed by atoms with Crippen molar-refractivity contribution in [1.29, 1.82) is 0 Å². The van der Waals surface area contributed by atoms with E-state index in [2.05, 4.69) is 12.1 Å². The topological polar surface area (TPSA) is 38.7 Å². The molecular weight excluding hydrogens is 252 g/mol. The van der Waals surface area contributed by atoms with E-state index in [4.69, 9.17) is 9.47 Å². The van der Waals surface area contributed by atoms with Gasteiger partial charge in [-0.1, -0.05) is 43.5 Å². The van der Waals surface area contributed by atoms with E-state index >= 15 is 0 Å². The number of hydrogen-bond acceptors (Lipinski definition) is 3. The molecule has 110 valence electrons. The van der Waals surface area contributed by atoms with Gasteiger partial charge in [-0.05, 0) is 29.9 Å². The molecule has 1 N–H and O–H groups in total. The Morgan fingerprint density at radius 1 is 1.00 bits per heavy atom. The first-order valence-electron chi connectivity index (χ1n) is 7.82. The summed E-state index contributed by atoms with van der Waals surface area (Å²) >= 11 is 0. The van der Waals surface area contributed by atoms with Crippen LogP contribution in [-0.2, 0) is 9.47 Å². The highest BCUT2D eigenvalue weighted by molar-refractivity contribution is 5.27. The first-order valence-corrected chi connectivity index (χ1v) is 7.82. The van der Waals surface area contributed by atoms with Gasteiger partial charge in [-0.2, -0.15) is 0 Å². The smallest absolute Gasteiger partial charge is 0.111 e. The number of rotatable bonds is 3. The van der Waals surface area contributed by atoms with E-state index in [0.717, 1.165) is 5.56 Å². The fraction of sp³-hybridized carbons (Fsp3) is 0.647. The summed E-state index contributed by atoms with van der Waals surface area (Å²) in [5.41, 5.74) is 2.35. The Hall–Kier alpha value is -0.900. The molecule has 1 aromatic carbocycles. The van der Waals surface area contributed by atoms with Crippen molar-refractivity contribution in [3.63, 3.8) is 0 Å². The molecule has 20 heavy (non-hydrogen) atoms. The van der Waals surface area contributed by atoms with Crippen LogP contribution in [0.15, 0.2) is 24.3 Å². The summed E-state index contributed by atoms with van der Waals surface area (Å²) in [6, 6.07) is 8.45. The minimum Gasteiger partial charge on any atom is -0.386 e. The molecule has 1 aromatic rings. The van der Waals surface area contributed by atoms with E-state index in [1.54, 1.807) is 0 Å². The molecule has 2 unspecified atom stereocenters. The van der Waals surface area contributed by atoms with Gasteiger partial charge >= 0.3 is 0 Å². The zero-order chi connectivity index (χ0) is 13.8. The average Bonchev–Trinajstić information content (AvgIpc) is 2.56. The van der Waals surface area contributed by atoms with Crippen molar-refractivity contribution in [1.82, 2.24) is 0 Å². The van der Waals surface area contributed by atoms with E-state index in [0.29, 0.717) is 25.7 Å². The average molecular weight is 276 g/mol. The van der Waals surface area contributed by atoms with Crippen molar-refractivity contribution in [2.75, 3.05) is 19.8 Å². The summed E-state index contributed by atoms with van der Waals surface area (Å²) in [6.45, 7) is 1.68. The van der Waals surface area contributed by atoms with Gasteiger partial charge < -0.3 is 14.6 Å². The lowest BCUT2D eigenvalue weighted by Gasteiger charge is -2.28. The molecule has 0 aromatic heterocycles. The second-order valence-electron chi connectivity index (χ2n) is 5.93. The molecule has 0 spiro atoms. The first kappa shape index (κ1) is 14.1. The highest BCUT2D eigenvalue weighted by Crippen LogP contribution is 2.33. The standard InChI is InChI=1S/C17H24O3/c18-17(16-12-19-10-11-20-16)15-8-6-14(7-9-15)13-4-2-1-3-5-13/h6-9,13,16-18H,1-5,10-12H2. The normalized spacial score (nSPS) is 26.4. The number of benzene rings is 1. The fourth-order valence-corrected chi connectivity index (χ4v) is 3.30. The van der Waals surface area contributed by atoms with Crippen molar-refractivity contribution in [3.8, 4) is 0 Å². The van der Waals surface area contributed by atoms with Crippen molar-refractivity contribution < 1.29 is 14.6 Å². The number of aliphatic hydroxyl groups is 1. The molecule has 2 atom stereocenters. The third-order valence-corrected chi connectivity index (χ3v) is 4.55. The maximum atomic E-state index is 10.3. The highest BCUT2D eigenvalue weighted by atomic mass is 16.6. The maximum absolute atomic E-state index is 10.3. The molecule has 2 aliphatic rings. The Morgan fingerprint density at radius 3 is 2.40 bits per heavy atom.